The Balaban J connectivity index is 3.46. The van der Waals surface area contributed by atoms with Crippen molar-refractivity contribution >= 4 is 27.8 Å². The van der Waals surface area contributed by atoms with Crippen molar-refractivity contribution in [2.75, 3.05) is 5.73 Å². The van der Waals surface area contributed by atoms with Gasteiger partial charge in [0.15, 0.2) is 0 Å². The number of halogens is 1. The van der Waals surface area contributed by atoms with Crippen LogP contribution >= 0.6 is 15.9 Å². The van der Waals surface area contributed by atoms with Crippen molar-refractivity contribution in [1.29, 1.82) is 10.7 Å². The molecule has 0 saturated heterocycles. The molecule has 0 radical (unpaired) electrons. The fraction of sp³-hybridized carbons (Fsp3) is 0. The van der Waals surface area contributed by atoms with Gasteiger partial charge in [-0.3, -0.25) is 0 Å². The number of nitrogen functional groups attached to an aromatic ring is 1. The van der Waals surface area contributed by atoms with E-state index in [0.717, 1.165) is 10.7 Å². The molecule has 3 N–H and O–H groups in total. The zero-order valence-electron chi connectivity index (χ0n) is 6.13. The van der Waals surface area contributed by atoms with Gasteiger partial charge >= 0.3 is 0 Å². The van der Waals surface area contributed by atoms with Gasteiger partial charge in [0.1, 0.15) is 6.07 Å². The molecule has 4 heteroatoms. The first-order valence-corrected chi connectivity index (χ1v) is 3.98. The summed E-state index contributed by atoms with van der Waals surface area (Å²) in [5.41, 5.74) is 6.90. The number of hydrogen-bond donors (Lipinski definition) is 2. The summed E-state index contributed by atoms with van der Waals surface area (Å²) in [5, 5.41) is 15.7. The molecule has 0 heterocycles. The van der Waals surface area contributed by atoms with Crippen LogP contribution in [0.15, 0.2) is 16.6 Å². The largest absolute Gasteiger partial charge is 0.397 e. The van der Waals surface area contributed by atoms with E-state index in [4.69, 9.17) is 16.4 Å². The number of anilines is 1. The quantitative estimate of drug-likeness (QED) is 0.564. The lowest BCUT2D eigenvalue weighted by atomic mass is 10.1. The molecule has 12 heavy (non-hydrogen) atoms. The highest BCUT2D eigenvalue weighted by Crippen LogP contribution is 2.23. The number of hydrogen-bond acceptors (Lipinski definition) is 3. The first-order valence-electron chi connectivity index (χ1n) is 3.19. The van der Waals surface area contributed by atoms with Gasteiger partial charge in [-0.1, -0.05) is 15.9 Å². The van der Waals surface area contributed by atoms with Crippen LogP contribution in [0.2, 0.25) is 0 Å². The number of nitriles is 1. The molecule has 0 saturated carbocycles. The number of benzene rings is 1. The summed E-state index contributed by atoms with van der Waals surface area (Å²) in [7, 11) is 0. The predicted octanol–water partition coefficient (Wildman–Crippen LogP) is 1.90. The Hall–Kier alpha value is -1.34. The Morgan fingerprint density at radius 2 is 2.25 bits per heavy atom. The molecule has 1 aromatic rings. The van der Waals surface area contributed by atoms with Gasteiger partial charge < -0.3 is 11.1 Å². The molecular weight excluding hydrogens is 218 g/mol. The first kappa shape index (κ1) is 8.75. The molecule has 0 fully saturated rings. The minimum Gasteiger partial charge on any atom is -0.397 e. The molecule has 0 aliphatic heterocycles. The van der Waals surface area contributed by atoms with Gasteiger partial charge in [-0.15, -0.1) is 0 Å². The van der Waals surface area contributed by atoms with Crippen LogP contribution in [0.5, 0.6) is 0 Å². The Bertz CT molecular complexity index is 365. The molecular formula is C8H6BrN3. The molecule has 0 unspecified atom stereocenters. The molecule has 1 aromatic carbocycles. The summed E-state index contributed by atoms with van der Waals surface area (Å²) in [5.74, 6) is 0. The Morgan fingerprint density at radius 1 is 1.58 bits per heavy atom. The van der Waals surface area contributed by atoms with Crippen LogP contribution in [0.3, 0.4) is 0 Å². The van der Waals surface area contributed by atoms with Crippen molar-refractivity contribution in [3.63, 3.8) is 0 Å². The predicted molar refractivity (Wildman–Crippen MR) is 51.2 cm³/mol. The van der Waals surface area contributed by atoms with Crippen LogP contribution in [0.1, 0.15) is 11.1 Å². The molecule has 0 spiro atoms. The summed E-state index contributed by atoms with van der Waals surface area (Å²) in [6, 6.07) is 5.27. The Morgan fingerprint density at radius 3 is 2.75 bits per heavy atom. The van der Waals surface area contributed by atoms with E-state index in [1.165, 1.54) is 0 Å². The average molecular weight is 224 g/mol. The summed E-state index contributed by atoms with van der Waals surface area (Å²) in [4.78, 5) is 0. The van der Waals surface area contributed by atoms with E-state index in [1.54, 1.807) is 12.1 Å². The molecule has 0 aliphatic carbocycles. The molecule has 60 valence electrons. The molecule has 0 aliphatic rings. The van der Waals surface area contributed by atoms with E-state index in [-0.39, 0.29) is 0 Å². The van der Waals surface area contributed by atoms with Gasteiger partial charge in [-0.2, -0.15) is 5.26 Å². The Kier molecular flexibility index (Phi) is 2.46. The Labute approximate surface area is 78.4 Å². The molecule has 0 bridgehead atoms. The van der Waals surface area contributed by atoms with Gasteiger partial charge in [-0.05, 0) is 12.1 Å². The lowest BCUT2D eigenvalue weighted by molar-refractivity contribution is 1.46. The van der Waals surface area contributed by atoms with E-state index in [2.05, 4.69) is 15.9 Å². The minimum atomic E-state index is 0.349. The van der Waals surface area contributed by atoms with Gasteiger partial charge in [0.05, 0.1) is 11.3 Å². The zero-order valence-corrected chi connectivity index (χ0v) is 7.72. The third-order valence-corrected chi connectivity index (χ3v) is 2.19. The third kappa shape index (κ3) is 1.31. The smallest absolute Gasteiger partial charge is 0.101 e. The van der Waals surface area contributed by atoms with Crippen molar-refractivity contribution in [2.24, 2.45) is 0 Å². The van der Waals surface area contributed by atoms with Crippen molar-refractivity contribution < 1.29 is 0 Å². The highest BCUT2D eigenvalue weighted by atomic mass is 79.9. The van der Waals surface area contributed by atoms with E-state index >= 15 is 0 Å². The van der Waals surface area contributed by atoms with Gasteiger partial charge in [0.2, 0.25) is 0 Å². The molecule has 1 rings (SSSR count). The monoisotopic (exact) mass is 223 g/mol. The molecule has 0 atom stereocenters. The van der Waals surface area contributed by atoms with Crippen molar-refractivity contribution in [2.45, 2.75) is 0 Å². The molecule has 0 aromatic heterocycles. The molecule has 3 nitrogen and oxygen atoms in total. The number of nitrogens with zero attached hydrogens (tertiary/aromatic N) is 1. The van der Waals surface area contributed by atoms with Crippen molar-refractivity contribution in [3.05, 3.63) is 27.7 Å². The lowest BCUT2D eigenvalue weighted by Crippen LogP contribution is -1.97. The van der Waals surface area contributed by atoms with Crippen LogP contribution < -0.4 is 5.73 Å². The highest BCUT2D eigenvalue weighted by molar-refractivity contribution is 9.10. The van der Waals surface area contributed by atoms with E-state index in [9.17, 15) is 0 Å². The standard InChI is InChI=1S/C8H6BrN3/c9-7-2-1-5(3-10)8(12)6(7)4-11/h1-2,4,11H,12H2. The summed E-state index contributed by atoms with van der Waals surface area (Å²) in [6.07, 6.45) is 1.13. The van der Waals surface area contributed by atoms with Crippen LogP contribution in [-0.4, -0.2) is 6.21 Å². The van der Waals surface area contributed by atoms with Gasteiger partial charge in [0.25, 0.3) is 0 Å². The maximum absolute atomic E-state index is 8.61. The normalized spacial score (nSPS) is 9.00. The second-order valence-electron chi connectivity index (χ2n) is 2.18. The van der Waals surface area contributed by atoms with Crippen LogP contribution in [0.4, 0.5) is 5.69 Å². The van der Waals surface area contributed by atoms with Crippen molar-refractivity contribution in [3.8, 4) is 6.07 Å². The highest BCUT2D eigenvalue weighted by Gasteiger charge is 2.05. The fourth-order valence-corrected chi connectivity index (χ4v) is 1.31. The number of nitrogens with two attached hydrogens (primary N) is 1. The van der Waals surface area contributed by atoms with Crippen molar-refractivity contribution in [1.82, 2.24) is 0 Å². The SMILES string of the molecule is N#Cc1ccc(Br)c(C=N)c1N. The zero-order chi connectivity index (χ0) is 9.14. The maximum Gasteiger partial charge on any atom is 0.101 e. The van der Waals surface area contributed by atoms with E-state index < -0.39 is 0 Å². The maximum atomic E-state index is 8.61. The van der Waals surface area contributed by atoms with Crippen LogP contribution in [0.25, 0.3) is 0 Å². The first-order chi connectivity index (χ1) is 5.70. The topological polar surface area (TPSA) is 73.7 Å². The average Bonchev–Trinajstić information content (AvgIpc) is 2.06. The second-order valence-corrected chi connectivity index (χ2v) is 3.03. The minimum absolute atomic E-state index is 0.349. The third-order valence-electron chi connectivity index (χ3n) is 1.50. The van der Waals surface area contributed by atoms with E-state index in [1.807, 2.05) is 6.07 Å². The summed E-state index contributed by atoms with van der Waals surface area (Å²) in [6.45, 7) is 0. The lowest BCUT2D eigenvalue weighted by Gasteiger charge is -2.03. The van der Waals surface area contributed by atoms with Gasteiger partial charge in [-0.25, -0.2) is 0 Å². The van der Waals surface area contributed by atoms with Crippen LogP contribution in [-0.2, 0) is 0 Å². The summed E-state index contributed by atoms with van der Waals surface area (Å²) >= 11 is 3.23. The number of nitrogens with one attached hydrogen (secondary N) is 1. The molecule has 0 amide bonds. The fourth-order valence-electron chi connectivity index (χ4n) is 0.854. The van der Waals surface area contributed by atoms with Gasteiger partial charge in [0, 0.05) is 16.3 Å². The summed E-state index contributed by atoms with van der Waals surface area (Å²) < 4.78 is 0.731. The van der Waals surface area contributed by atoms with E-state index in [0.29, 0.717) is 16.8 Å². The second kappa shape index (κ2) is 3.37. The van der Waals surface area contributed by atoms with Crippen LogP contribution in [0, 0.1) is 16.7 Å². The number of rotatable bonds is 1.